The summed E-state index contributed by atoms with van der Waals surface area (Å²) in [6.45, 7) is 7.53. The topological polar surface area (TPSA) is 154 Å². The second-order valence-electron chi connectivity index (χ2n) is 11.2. The first-order chi connectivity index (χ1) is 22.1. The van der Waals surface area contributed by atoms with Crippen LogP contribution in [-0.4, -0.2) is 61.3 Å². The standard InChI is InChI=1S/C30H35F3N6O7S/c1-19(2)28(40)45-21(4)46-37-36-38-15-5-6-22(17-38)18-44-29(41)35-47(42,43)25-13-11-24(12-14-25)39-26(16-27(34-39)30(31,32)33)23-9-7-20(3)8-10-23/h7-14,16,19,21-22H,5-6,15,17-18H2,1-4H3,(H,35,41)/b37-36-. The molecule has 0 aliphatic carbocycles. The Morgan fingerprint density at radius 3 is 2.40 bits per heavy atom. The molecule has 1 amide bonds. The summed E-state index contributed by atoms with van der Waals surface area (Å²) < 4.78 is 79.4. The maximum atomic E-state index is 13.5. The molecule has 1 saturated heterocycles. The van der Waals surface area contributed by atoms with Crippen molar-refractivity contribution in [1.29, 1.82) is 0 Å². The molecule has 2 heterocycles. The highest BCUT2D eigenvalue weighted by Gasteiger charge is 2.35. The zero-order chi connectivity index (χ0) is 34.4. The van der Waals surface area contributed by atoms with Crippen molar-refractivity contribution in [2.45, 2.75) is 57.9 Å². The molecule has 0 saturated carbocycles. The van der Waals surface area contributed by atoms with Gasteiger partial charge in [-0.2, -0.15) is 18.3 Å². The fraction of sp³-hybridized carbons (Fsp3) is 0.433. The molecular formula is C30H35F3N6O7S. The van der Waals surface area contributed by atoms with Crippen LogP contribution in [0.1, 0.15) is 44.9 Å². The number of esters is 1. The van der Waals surface area contributed by atoms with Gasteiger partial charge in [0.25, 0.3) is 16.3 Å². The van der Waals surface area contributed by atoms with Crippen LogP contribution in [0.15, 0.2) is 70.0 Å². The van der Waals surface area contributed by atoms with Crippen molar-refractivity contribution in [3.63, 3.8) is 0 Å². The van der Waals surface area contributed by atoms with Gasteiger partial charge in [-0.1, -0.05) is 43.7 Å². The van der Waals surface area contributed by atoms with E-state index in [0.717, 1.165) is 28.4 Å². The number of carbonyl (C=O) groups excluding carboxylic acids is 2. The summed E-state index contributed by atoms with van der Waals surface area (Å²) in [5.41, 5.74) is 0.629. The van der Waals surface area contributed by atoms with Crippen molar-refractivity contribution in [2.24, 2.45) is 22.3 Å². The van der Waals surface area contributed by atoms with Gasteiger partial charge in [-0.3, -0.25) is 9.80 Å². The molecule has 3 aromatic rings. The number of nitrogens with one attached hydrogen (secondary N) is 1. The van der Waals surface area contributed by atoms with Crippen LogP contribution in [0.3, 0.4) is 0 Å². The molecular weight excluding hydrogens is 645 g/mol. The molecule has 2 unspecified atom stereocenters. The van der Waals surface area contributed by atoms with Crippen LogP contribution in [0.2, 0.25) is 0 Å². The molecule has 1 fully saturated rings. The Labute approximate surface area is 269 Å². The smallest absolute Gasteiger partial charge is 0.435 e. The number of rotatable bonds is 11. The first-order valence-electron chi connectivity index (χ1n) is 14.7. The molecule has 1 N–H and O–H groups in total. The lowest BCUT2D eigenvalue weighted by Crippen LogP contribution is -2.36. The van der Waals surface area contributed by atoms with Gasteiger partial charge in [0.2, 0.25) is 0 Å². The van der Waals surface area contributed by atoms with Crippen molar-refractivity contribution in [1.82, 2.24) is 19.5 Å². The monoisotopic (exact) mass is 680 g/mol. The van der Waals surface area contributed by atoms with Crippen LogP contribution in [-0.2, 0) is 35.3 Å². The molecule has 4 rings (SSSR count). The van der Waals surface area contributed by atoms with Gasteiger partial charge < -0.3 is 14.3 Å². The summed E-state index contributed by atoms with van der Waals surface area (Å²) >= 11 is 0. The summed E-state index contributed by atoms with van der Waals surface area (Å²) in [7, 11) is -4.37. The Morgan fingerprint density at radius 1 is 1.09 bits per heavy atom. The molecule has 47 heavy (non-hydrogen) atoms. The van der Waals surface area contributed by atoms with Crippen molar-refractivity contribution in [3.8, 4) is 16.9 Å². The summed E-state index contributed by atoms with van der Waals surface area (Å²) in [6, 6.07) is 12.6. The molecule has 1 aliphatic rings. The minimum Gasteiger partial charge on any atom is -0.448 e. The van der Waals surface area contributed by atoms with Gasteiger partial charge in [0, 0.05) is 36.8 Å². The van der Waals surface area contributed by atoms with E-state index < -0.39 is 40.2 Å². The van der Waals surface area contributed by atoms with E-state index in [1.54, 1.807) is 43.1 Å². The number of aryl methyl sites for hydroxylation is 1. The zero-order valence-corrected chi connectivity index (χ0v) is 26.9. The second-order valence-corrected chi connectivity index (χ2v) is 12.9. The maximum Gasteiger partial charge on any atom is 0.435 e. The number of ether oxygens (including phenoxy) is 2. The Morgan fingerprint density at radius 2 is 1.77 bits per heavy atom. The van der Waals surface area contributed by atoms with E-state index in [4.69, 9.17) is 14.3 Å². The third kappa shape index (κ3) is 9.67. The van der Waals surface area contributed by atoms with Crippen LogP contribution in [0.25, 0.3) is 16.9 Å². The number of sulfonamides is 1. The van der Waals surface area contributed by atoms with E-state index in [0.29, 0.717) is 31.5 Å². The minimum absolute atomic E-state index is 0.0990. The number of nitrogens with zero attached hydrogens (tertiary/aromatic N) is 5. The predicted molar refractivity (Wildman–Crippen MR) is 161 cm³/mol. The Kier molecular flexibility index (Phi) is 11.1. The van der Waals surface area contributed by atoms with Crippen molar-refractivity contribution < 1.29 is 45.5 Å². The lowest BCUT2D eigenvalue weighted by atomic mass is 10.0. The molecule has 2 aromatic carbocycles. The fourth-order valence-corrected chi connectivity index (χ4v) is 5.42. The van der Waals surface area contributed by atoms with Crippen LogP contribution < -0.4 is 4.72 Å². The number of piperidine rings is 1. The second kappa shape index (κ2) is 14.8. The highest BCUT2D eigenvalue weighted by molar-refractivity contribution is 7.90. The number of benzene rings is 2. The molecule has 0 spiro atoms. The van der Waals surface area contributed by atoms with Gasteiger partial charge in [-0.25, -0.2) is 22.6 Å². The average Bonchev–Trinajstić information content (AvgIpc) is 3.47. The summed E-state index contributed by atoms with van der Waals surface area (Å²) in [5.74, 6) is -0.937. The normalized spacial score (nSPS) is 16.3. The number of hydrogen-bond acceptors (Lipinski definition) is 10. The van der Waals surface area contributed by atoms with Gasteiger partial charge in [-0.05, 0) is 55.3 Å². The fourth-order valence-electron chi connectivity index (χ4n) is 4.53. The van der Waals surface area contributed by atoms with Gasteiger partial charge in [-0.15, -0.1) is 0 Å². The number of hydrogen-bond donors (Lipinski definition) is 1. The van der Waals surface area contributed by atoms with E-state index in [2.05, 4.69) is 15.6 Å². The van der Waals surface area contributed by atoms with Gasteiger partial charge in [0.05, 0.1) is 28.8 Å². The quantitative estimate of drug-likeness (QED) is 0.114. The summed E-state index contributed by atoms with van der Waals surface area (Å²) in [4.78, 5) is 28.7. The Bertz CT molecular complexity index is 1680. The number of amides is 1. The molecule has 13 nitrogen and oxygen atoms in total. The minimum atomic E-state index is -4.70. The van der Waals surface area contributed by atoms with Crippen molar-refractivity contribution in [2.75, 3.05) is 19.7 Å². The SMILES string of the molecule is Cc1ccc(-c2cc(C(F)(F)F)nn2-c2ccc(S(=O)(=O)NC(=O)OCC3CCCN(/N=N\OC(C)OC(=O)C(C)C)C3)cc2)cc1. The van der Waals surface area contributed by atoms with E-state index in [1.807, 2.05) is 11.6 Å². The number of carbonyl (C=O) groups is 2. The first kappa shape index (κ1) is 35.2. The largest absolute Gasteiger partial charge is 0.448 e. The Hall–Kier alpha value is -4.67. The highest BCUT2D eigenvalue weighted by atomic mass is 32.2. The van der Waals surface area contributed by atoms with Gasteiger partial charge in [0.1, 0.15) is 0 Å². The number of halogens is 3. The molecule has 0 bridgehead atoms. The number of alkyl halides is 3. The number of aromatic nitrogens is 2. The third-order valence-electron chi connectivity index (χ3n) is 7.02. The van der Waals surface area contributed by atoms with Crippen LogP contribution in [0, 0.1) is 18.8 Å². The van der Waals surface area contributed by atoms with E-state index >= 15 is 0 Å². The first-order valence-corrected chi connectivity index (χ1v) is 16.2. The molecule has 254 valence electrons. The average molecular weight is 681 g/mol. The summed E-state index contributed by atoms with van der Waals surface area (Å²) in [5, 5.41) is 12.9. The van der Waals surface area contributed by atoms with Crippen molar-refractivity contribution >= 4 is 22.1 Å². The van der Waals surface area contributed by atoms with Crippen LogP contribution >= 0.6 is 0 Å². The van der Waals surface area contributed by atoms with Crippen LogP contribution in [0.4, 0.5) is 18.0 Å². The molecule has 1 aromatic heterocycles. The van der Waals surface area contributed by atoms with Crippen LogP contribution in [0.5, 0.6) is 0 Å². The lowest BCUT2D eigenvalue weighted by Gasteiger charge is -2.29. The lowest BCUT2D eigenvalue weighted by molar-refractivity contribution is -0.181. The highest BCUT2D eigenvalue weighted by Crippen LogP contribution is 2.33. The third-order valence-corrected chi connectivity index (χ3v) is 8.34. The maximum absolute atomic E-state index is 13.5. The van der Waals surface area contributed by atoms with E-state index in [-0.39, 0.29) is 34.7 Å². The van der Waals surface area contributed by atoms with E-state index in [1.165, 1.54) is 19.1 Å². The molecule has 2 atom stereocenters. The van der Waals surface area contributed by atoms with E-state index in [9.17, 15) is 31.2 Å². The molecule has 17 heteroatoms. The summed E-state index contributed by atoms with van der Waals surface area (Å²) in [6.07, 6.45) is -5.44. The predicted octanol–water partition coefficient (Wildman–Crippen LogP) is 5.84. The van der Waals surface area contributed by atoms with Gasteiger partial charge in [0.15, 0.2) is 5.69 Å². The molecule has 1 aliphatic heterocycles. The van der Waals surface area contributed by atoms with Gasteiger partial charge >= 0.3 is 18.2 Å². The molecule has 0 radical (unpaired) electrons. The van der Waals surface area contributed by atoms with Crippen molar-refractivity contribution in [3.05, 3.63) is 65.9 Å². The Balaban J connectivity index is 1.34. The zero-order valence-electron chi connectivity index (χ0n) is 26.1.